The van der Waals surface area contributed by atoms with Crippen LogP contribution < -0.4 is 0 Å². The molecule has 2 heterocycles. The molecule has 0 aliphatic carbocycles. The molecular formula is C21H26FN3O4. The Bertz CT molecular complexity index is 904. The predicted molar refractivity (Wildman–Crippen MR) is 103 cm³/mol. The van der Waals surface area contributed by atoms with Gasteiger partial charge in [-0.2, -0.15) is 4.98 Å². The highest BCUT2D eigenvalue weighted by molar-refractivity contribution is 5.85. The highest BCUT2D eigenvalue weighted by Crippen LogP contribution is 2.23. The van der Waals surface area contributed by atoms with E-state index in [2.05, 4.69) is 10.1 Å². The van der Waals surface area contributed by atoms with E-state index in [4.69, 9.17) is 9.26 Å². The molecule has 0 N–H and O–H groups in total. The van der Waals surface area contributed by atoms with Gasteiger partial charge in [-0.1, -0.05) is 17.3 Å². The number of benzene rings is 1. The SMILES string of the molecule is Cc1ccc(-c2noc(CCC(=O)N3CCC[C@@H]3C(=O)OC(C)(C)C)n2)cc1F. The van der Waals surface area contributed by atoms with E-state index in [9.17, 15) is 14.0 Å². The summed E-state index contributed by atoms with van der Waals surface area (Å²) in [6.07, 6.45) is 1.75. The van der Waals surface area contributed by atoms with Gasteiger partial charge < -0.3 is 14.2 Å². The highest BCUT2D eigenvalue weighted by atomic mass is 19.1. The summed E-state index contributed by atoms with van der Waals surface area (Å²) in [5, 5.41) is 3.86. The van der Waals surface area contributed by atoms with Gasteiger partial charge in [0.25, 0.3) is 0 Å². The molecule has 0 unspecified atom stereocenters. The van der Waals surface area contributed by atoms with Crippen molar-refractivity contribution in [2.24, 2.45) is 0 Å². The Kier molecular flexibility index (Phi) is 6.00. The third-order valence-corrected chi connectivity index (χ3v) is 4.70. The van der Waals surface area contributed by atoms with Crippen molar-refractivity contribution in [3.05, 3.63) is 35.5 Å². The van der Waals surface area contributed by atoms with E-state index in [1.54, 1.807) is 44.7 Å². The topological polar surface area (TPSA) is 85.5 Å². The second-order valence-corrected chi connectivity index (χ2v) is 8.25. The first-order valence-electron chi connectivity index (χ1n) is 9.75. The predicted octanol–water partition coefficient (Wildman–Crippen LogP) is 3.45. The number of rotatable bonds is 5. The Morgan fingerprint density at radius 2 is 2.10 bits per heavy atom. The van der Waals surface area contributed by atoms with Crippen LogP contribution >= 0.6 is 0 Å². The van der Waals surface area contributed by atoms with Crippen molar-refractivity contribution in [3.63, 3.8) is 0 Å². The van der Waals surface area contributed by atoms with Crippen LogP contribution in [0.3, 0.4) is 0 Å². The average Bonchev–Trinajstić information content (AvgIpc) is 3.30. The van der Waals surface area contributed by atoms with Gasteiger partial charge in [0.1, 0.15) is 17.5 Å². The van der Waals surface area contributed by atoms with Crippen LogP contribution in [0, 0.1) is 12.7 Å². The summed E-state index contributed by atoms with van der Waals surface area (Å²) >= 11 is 0. The zero-order chi connectivity index (χ0) is 21.2. The maximum Gasteiger partial charge on any atom is 0.329 e. The fourth-order valence-electron chi connectivity index (χ4n) is 3.24. The second kappa shape index (κ2) is 8.31. The maximum absolute atomic E-state index is 13.7. The lowest BCUT2D eigenvalue weighted by atomic mass is 10.1. The summed E-state index contributed by atoms with van der Waals surface area (Å²) in [6.45, 7) is 7.62. The van der Waals surface area contributed by atoms with Crippen molar-refractivity contribution in [3.8, 4) is 11.4 Å². The van der Waals surface area contributed by atoms with E-state index in [1.807, 2.05) is 0 Å². The van der Waals surface area contributed by atoms with Crippen LogP contribution in [0.25, 0.3) is 11.4 Å². The van der Waals surface area contributed by atoms with Gasteiger partial charge in [0.2, 0.25) is 17.6 Å². The van der Waals surface area contributed by atoms with Crippen molar-refractivity contribution < 1.29 is 23.2 Å². The number of ether oxygens (including phenoxy) is 1. The number of likely N-dealkylation sites (tertiary alicyclic amines) is 1. The monoisotopic (exact) mass is 403 g/mol. The first-order valence-corrected chi connectivity index (χ1v) is 9.75. The molecule has 1 saturated heterocycles. The summed E-state index contributed by atoms with van der Waals surface area (Å²) in [5.74, 6) is -0.294. The smallest absolute Gasteiger partial charge is 0.329 e. The summed E-state index contributed by atoms with van der Waals surface area (Å²) in [6, 6.07) is 4.17. The molecule has 1 fully saturated rings. The van der Waals surface area contributed by atoms with Crippen molar-refractivity contribution >= 4 is 11.9 Å². The molecule has 8 heteroatoms. The standard InChI is InChI=1S/C21H26FN3O4/c1-13-7-8-14(12-15(13)22)19-23-17(29-24-19)9-10-18(26)25-11-5-6-16(25)20(27)28-21(2,3)4/h7-8,12,16H,5-6,9-11H2,1-4H3/t16-/m1/s1. The number of amides is 1. The minimum absolute atomic E-state index is 0.142. The van der Waals surface area contributed by atoms with Crippen LogP contribution in [0.5, 0.6) is 0 Å². The number of carbonyl (C=O) groups is 2. The molecule has 29 heavy (non-hydrogen) atoms. The normalized spacial score (nSPS) is 16.9. The summed E-state index contributed by atoms with van der Waals surface area (Å²) in [5.41, 5.74) is 0.455. The molecule has 3 rings (SSSR count). The van der Waals surface area contributed by atoms with Crippen molar-refractivity contribution in [1.82, 2.24) is 15.0 Å². The lowest BCUT2D eigenvalue weighted by Gasteiger charge is -2.27. The Hall–Kier alpha value is -2.77. The molecule has 1 amide bonds. The quantitative estimate of drug-likeness (QED) is 0.711. The van der Waals surface area contributed by atoms with Gasteiger partial charge in [-0.15, -0.1) is 0 Å². The minimum Gasteiger partial charge on any atom is -0.458 e. The summed E-state index contributed by atoms with van der Waals surface area (Å²) < 4.78 is 24.4. The number of hydrogen-bond acceptors (Lipinski definition) is 6. The number of nitrogens with zero attached hydrogens (tertiary/aromatic N) is 3. The van der Waals surface area contributed by atoms with Crippen molar-refractivity contribution in [1.29, 1.82) is 0 Å². The van der Waals surface area contributed by atoms with Gasteiger partial charge in [0, 0.05) is 24.9 Å². The van der Waals surface area contributed by atoms with E-state index in [0.717, 1.165) is 6.42 Å². The van der Waals surface area contributed by atoms with Gasteiger partial charge in [-0.05, 0) is 52.2 Å². The number of esters is 1. The first-order chi connectivity index (χ1) is 13.6. The lowest BCUT2D eigenvalue weighted by Crippen LogP contribution is -2.43. The maximum atomic E-state index is 13.7. The molecule has 0 radical (unpaired) electrons. The van der Waals surface area contributed by atoms with Crippen LogP contribution in [0.1, 0.15) is 51.5 Å². The largest absolute Gasteiger partial charge is 0.458 e. The Labute approximate surface area is 169 Å². The van der Waals surface area contributed by atoms with E-state index in [1.165, 1.54) is 6.07 Å². The van der Waals surface area contributed by atoms with Gasteiger partial charge >= 0.3 is 5.97 Å². The van der Waals surface area contributed by atoms with Gasteiger partial charge in [-0.3, -0.25) is 4.79 Å². The van der Waals surface area contributed by atoms with Gasteiger partial charge in [0.05, 0.1) is 0 Å². The fourth-order valence-corrected chi connectivity index (χ4v) is 3.24. The Morgan fingerprint density at radius 3 is 2.79 bits per heavy atom. The minimum atomic E-state index is -0.593. The van der Waals surface area contributed by atoms with E-state index < -0.39 is 11.6 Å². The number of aryl methyl sites for hydroxylation is 2. The zero-order valence-electron chi connectivity index (χ0n) is 17.2. The van der Waals surface area contributed by atoms with Crippen LogP contribution in [0.15, 0.2) is 22.7 Å². The van der Waals surface area contributed by atoms with Gasteiger partial charge in [-0.25, -0.2) is 9.18 Å². The van der Waals surface area contributed by atoms with E-state index in [-0.39, 0.29) is 36.4 Å². The van der Waals surface area contributed by atoms with Crippen LogP contribution in [0.4, 0.5) is 4.39 Å². The Balaban J connectivity index is 1.60. The molecule has 0 saturated carbocycles. The number of aromatic nitrogens is 2. The second-order valence-electron chi connectivity index (χ2n) is 8.25. The summed E-state index contributed by atoms with van der Waals surface area (Å²) in [7, 11) is 0. The molecule has 2 aromatic rings. The number of halogens is 1. The molecule has 1 aliphatic heterocycles. The molecule has 0 spiro atoms. The van der Waals surface area contributed by atoms with E-state index in [0.29, 0.717) is 30.0 Å². The third kappa shape index (κ3) is 5.19. The average molecular weight is 403 g/mol. The van der Waals surface area contributed by atoms with Crippen LogP contribution in [-0.2, 0) is 20.7 Å². The molecule has 156 valence electrons. The molecule has 1 aromatic heterocycles. The molecule has 1 aromatic carbocycles. The highest BCUT2D eigenvalue weighted by Gasteiger charge is 2.36. The Morgan fingerprint density at radius 1 is 1.34 bits per heavy atom. The van der Waals surface area contributed by atoms with Crippen molar-refractivity contribution in [2.45, 2.75) is 65.0 Å². The summed E-state index contributed by atoms with van der Waals surface area (Å²) in [4.78, 5) is 30.8. The molecule has 0 bridgehead atoms. The van der Waals surface area contributed by atoms with Gasteiger partial charge in [0.15, 0.2) is 0 Å². The molecule has 1 atom stereocenters. The lowest BCUT2D eigenvalue weighted by molar-refractivity contribution is -0.163. The molecule has 7 nitrogen and oxygen atoms in total. The third-order valence-electron chi connectivity index (χ3n) is 4.70. The number of hydrogen-bond donors (Lipinski definition) is 0. The first kappa shape index (κ1) is 21.0. The van der Waals surface area contributed by atoms with Crippen LogP contribution in [0.2, 0.25) is 0 Å². The molecular weight excluding hydrogens is 377 g/mol. The number of carbonyl (C=O) groups excluding carboxylic acids is 2. The van der Waals surface area contributed by atoms with Crippen LogP contribution in [-0.4, -0.2) is 45.1 Å². The van der Waals surface area contributed by atoms with E-state index >= 15 is 0 Å². The molecule has 1 aliphatic rings. The fraction of sp³-hybridized carbons (Fsp3) is 0.524. The van der Waals surface area contributed by atoms with Crippen molar-refractivity contribution in [2.75, 3.05) is 6.54 Å². The zero-order valence-corrected chi connectivity index (χ0v) is 17.2.